The molecular weight excluding hydrogens is 415 g/mol. The summed E-state index contributed by atoms with van der Waals surface area (Å²) >= 11 is 0. The largest absolute Gasteiger partial charge is 0.494 e. The van der Waals surface area contributed by atoms with E-state index in [1.165, 1.54) is 19.4 Å². The highest BCUT2D eigenvalue weighted by molar-refractivity contribution is 14.0. The van der Waals surface area contributed by atoms with Crippen LogP contribution in [0.15, 0.2) is 23.2 Å². The average molecular weight is 446 g/mol. The Kier molecular flexibility index (Phi) is 9.43. The van der Waals surface area contributed by atoms with Gasteiger partial charge in [-0.3, -0.25) is 4.90 Å². The van der Waals surface area contributed by atoms with Crippen LogP contribution in [0.3, 0.4) is 0 Å². The van der Waals surface area contributed by atoms with Gasteiger partial charge in [-0.1, -0.05) is 19.1 Å². The van der Waals surface area contributed by atoms with Crippen LogP contribution in [-0.4, -0.2) is 43.1 Å². The van der Waals surface area contributed by atoms with Crippen molar-refractivity contribution in [2.24, 2.45) is 10.7 Å². The molecule has 1 aromatic rings. The molecule has 5 nitrogen and oxygen atoms in total. The highest BCUT2D eigenvalue weighted by Gasteiger charge is 2.22. The molecule has 0 aromatic heterocycles. The number of nitrogens with one attached hydrogen (secondary N) is 1. The highest BCUT2D eigenvalue weighted by Crippen LogP contribution is 2.19. The molecule has 2 rings (SSSR count). The van der Waals surface area contributed by atoms with Gasteiger partial charge in [0.1, 0.15) is 5.75 Å². The van der Waals surface area contributed by atoms with Crippen molar-refractivity contribution in [2.45, 2.75) is 46.2 Å². The number of aryl methyl sites for hydroxylation is 1. The fourth-order valence-corrected chi connectivity index (χ4v) is 3.12. The summed E-state index contributed by atoms with van der Waals surface area (Å²) < 4.78 is 5.56. The quantitative estimate of drug-likeness (QED) is 0.384. The number of guanidine groups is 1. The SMILES string of the molecule is CCOc1ccc(CN=C(N)NCC2CCCN2CC)cc1C.I. The zero-order valence-corrected chi connectivity index (χ0v) is 17.4. The molecule has 1 fully saturated rings. The summed E-state index contributed by atoms with van der Waals surface area (Å²) in [5.41, 5.74) is 8.28. The van der Waals surface area contributed by atoms with E-state index in [9.17, 15) is 0 Å². The summed E-state index contributed by atoms with van der Waals surface area (Å²) in [6, 6.07) is 6.74. The first-order valence-electron chi connectivity index (χ1n) is 8.64. The first kappa shape index (κ1) is 21.0. The second-order valence-electron chi connectivity index (χ2n) is 6.04. The Balaban J connectivity index is 0.00000288. The zero-order valence-electron chi connectivity index (χ0n) is 15.0. The lowest BCUT2D eigenvalue weighted by molar-refractivity contribution is 0.267. The van der Waals surface area contributed by atoms with Crippen LogP contribution >= 0.6 is 24.0 Å². The first-order valence-corrected chi connectivity index (χ1v) is 8.64. The predicted molar refractivity (Wildman–Crippen MR) is 111 cm³/mol. The monoisotopic (exact) mass is 446 g/mol. The Hall–Kier alpha value is -1.02. The normalized spacial score (nSPS) is 18.3. The average Bonchev–Trinajstić information content (AvgIpc) is 3.01. The Bertz CT molecular complexity index is 536. The molecule has 1 aromatic carbocycles. The summed E-state index contributed by atoms with van der Waals surface area (Å²) in [7, 11) is 0. The number of rotatable bonds is 7. The van der Waals surface area contributed by atoms with E-state index in [0.29, 0.717) is 25.2 Å². The maximum absolute atomic E-state index is 6.00. The van der Waals surface area contributed by atoms with Crippen molar-refractivity contribution in [2.75, 3.05) is 26.2 Å². The van der Waals surface area contributed by atoms with Gasteiger partial charge in [0.2, 0.25) is 0 Å². The Labute approximate surface area is 163 Å². The van der Waals surface area contributed by atoms with Crippen molar-refractivity contribution in [1.29, 1.82) is 0 Å². The molecule has 6 heteroatoms. The molecule has 1 aliphatic heterocycles. The molecular formula is C18H31IN4O. The molecule has 0 radical (unpaired) electrons. The van der Waals surface area contributed by atoms with Crippen LogP contribution in [0.2, 0.25) is 0 Å². The van der Waals surface area contributed by atoms with Crippen molar-refractivity contribution < 1.29 is 4.74 Å². The van der Waals surface area contributed by atoms with Crippen LogP contribution in [0.25, 0.3) is 0 Å². The fraction of sp³-hybridized carbons (Fsp3) is 0.611. The lowest BCUT2D eigenvalue weighted by Crippen LogP contribution is -2.42. The molecule has 1 unspecified atom stereocenters. The standard InChI is InChI=1S/C18H30N4O.HI/c1-4-22-10-6-7-16(22)13-21-18(19)20-12-15-8-9-17(23-5-2)14(3)11-15;/h8-9,11,16H,4-7,10,12-13H2,1-3H3,(H3,19,20,21);1H. The van der Waals surface area contributed by atoms with Gasteiger partial charge in [0, 0.05) is 12.6 Å². The molecule has 136 valence electrons. The van der Waals surface area contributed by atoms with E-state index in [2.05, 4.69) is 35.1 Å². The van der Waals surface area contributed by atoms with E-state index in [1.807, 2.05) is 19.1 Å². The Morgan fingerprint density at radius 1 is 1.42 bits per heavy atom. The molecule has 24 heavy (non-hydrogen) atoms. The van der Waals surface area contributed by atoms with Gasteiger partial charge in [-0.2, -0.15) is 0 Å². The summed E-state index contributed by atoms with van der Waals surface area (Å²) in [6.45, 7) is 10.7. The minimum atomic E-state index is 0. The molecule has 1 heterocycles. The number of halogens is 1. The number of hydrogen-bond acceptors (Lipinski definition) is 3. The third-order valence-corrected chi connectivity index (χ3v) is 4.40. The molecule has 3 N–H and O–H groups in total. The van der Waals surface area contributed by atoms with Gasteiger partial charge in [-0.15, -0.1) is 24.0 Å². The van der Waals surface area contributed by atoms with Gasteiger partial charge < -0.3 is 15.8 Å². The van der Waals surface area contributed by atoms with E-state index >= 15 is 0 Å². The summed E-state index contributed by atoms with van der Waals surface area (Å²) in [4.78, 5) is 6.94. The topological polar surface area (TPSA) is 62.9 Å². The van der Waals surface area contributed by atoms with Crippen LogP contribution in [0.5, 0.6) is 5.75 Å². The van der Waals surface area contributed by atoms with Crippen LogP contribution in [-0.2, 0) is 6.54 Å². The number of benzene rings is 1. The minimum Gasteiger partial charge on any atom is -0.494 e. The Morgan fingerprint density at radius 2 is 2.21 bits per heavy atom. The van der Waals surface area contributed by atoms with E-state index in [0.717, 1.165) is 30.0 Å². The van der Waals surface area contributed by atoms with Crippen molar-refractivity contribution in [3.63, 3.8) is 0 Å². The number of hydrogen-bond donors (Lipinski definition) is 2. The first-order chi connectivity index (χ1) is 11.1. The van der Waals surface area contributed by atoms with Crippen molar-refractivity contribution in [1.82, 2.24) is 10.2 Å². The third-order valence-electron chi connectivity index (χ3n) is 4.40. The molecule has 1 saturated heterocycles. The molecule has 0 bridgehead atoms. The van der Waals surface area contributed by atoms with E-state index in [1.54, 1.807) is 0 Å². The van der Waals surface area contributed by atoms with Gasteiger partial charge in [0.05, 0.1) is 13.2 Å². The van der Waals surface area contributed by atoms with Gasteiger partial charge in [0.15, 0.2) is 5.96 Å². The lowest BCUT2D eigenvalue weighted by atomic mass is 10.1. The van der Waals surface area contributed by atoms with Crippen molar-refractivity contribution >= 4 is 29.9 Å². The fourth-order valence-electron chi connectivity index (χ4n) is 3.12. The summed E-state index contributed by atoms with van der Waals surface area (Å²) in [6.07, 6.45) is 2.52. The number of ether oxygens (including phenoxy) is 1. The zero-order chi connectivity index (χ0) is 16.7. The van der Waals surface area contributed by atoms with Crippen LogP contribution < -0.4 is 15.8 Å². The summed E-state index contributed by atoms with van der Waals surface area (Å²) in [5.74, 6) is 1.46. The van der Waals surface area contributed by atoms with Gasteiger partial charge >= 0.3 is 0 Å². The van der Waals surface area contributed by atoms with Crippen LogP contribution in [0, 0.1) is 6.92 Å². The Morgan fingerprint density at radius 3 is 2.88 bits per heavy atom. The van der Waals surface area contributed by atoms with Crippen molar-refractivity contribution in [3.8, 4) is 5.75 Å². The number of nitrogens with zero attached hydrogens (tertiary/aromatic N) is 2. The second-order valence-corrected chi connectivity index (χ2v) is 6.04. The molecule has 0 amide bonds. The van der Waals surface area contributed by atoms with E-state index < -0.39 is 0 Å². The van der Waals surface area contributed by atoms with Gasteiger partial charge in [-0.25, -0.2) is 4.99 Å². The van der Waals surface area contributed by atoms with Crippen LogP contribution in [0.4, 0.5) is 0 Å². The molecule has 0 aliphatic carbocycles. The van der Waals surface area contributed by atoms with E-state index in [-0.39, 0.29) is 24.0 Å². The molecule has 1 aliphatic rings. The van der Waals surface area contributed by atoms with Crippen LogP contribution in [0.1, 0.15) is 37.8 Å². The maximum atomic E-state index is 6.00. The number of nitrogens with two attached hydrogens (primary N) is 1. The lowest BCUT2D eigenvalue weighted by Gasteiger charge is -2.23. The van der Waals surface area contributed by atoms with Gasteiger partial charge in [0.25, 0.3) is 0 Å². The maximum Gasteiger partial charge on any atom is 0.188 e. The molecule has 0 saturated carbocycles. The predicted octanol–water partition coefficient (Wildman–Crippen LogP) is 2.90. The second kappa shape index (κ2) is 10.8. The smallest absolute Gasteiger partial charge is 0.188 e. The number of aliphatic imine (C=N–C) groups is 1. The van der Waals surface area contributed by atoms with Crippen molar-refractivity contribution in [3.05, 3.63) is 29.3 Å². The van der Waals surface area contributed by atoms with Gasteiger partial charge in [-0.05, 0) is 57.0 Å². The molecule has 0 spiro atoms. The number of likely N-dealkylation sites (N-methyl/N-ethyl adjacent to an activating group) is 1. The highest BCUT2D eigenvalue weighted by atomic mass is 127. The third kappa shape index (κ3) is 6.12. The number of likely N-dealkylation sites (tertiary alicyclic amines) is 1. The summed E-state index contributed by atoms with van der Waals surface area (Å²) in [5, 5.41) is 3.27. The minimum absolute atomic E-state index is 0. The molecule has 1 atom stereocenters. The van der Waals surface area contributed by atoms with E-state index in [4.69, 9.17) is 10.5 Å².